The van der Waals surface area contributed by atoms with Crippen LogP contribution in [0.1, 0.15) is 34.7 Å². The molecule has 2 heterocycles. The predicted octanol–water partition coefficient (Wildman–Crippen LogP) is 3.15. The molecule has 2 aliphatic rings. The summed E-state index contributed by atoms with van der Waals surface area (Å²) in [7, 11) is 3.25. The lowest BCUT2D eigenvalue weighted by Crippen LogP contribution is -2.72. The Morgan fingerprint density at radius 1 is 1.24 bits per heavy atom. The molecule has 0 spiro atoms. The number of hydrogen-bond acceptors (Lipinski definition) is 4. The van der Waals surface area contributed by atoms with Crippen LogP contribution in [0.2, 0.25) is 0 Å². The van der Waals surface area contributed by atoms with Crippen molar-refractivity contribution >= 4 is 29.4 Å². The molecule has 2 aliphatic heterocycles. The Hall–Kier alpha value is -4.43. The molecule has 11 heteroatoms. The molecule has 2 aromatic carbocycles. The van der Waals surface area contributed by atoms with Crippen molar-refractivity contribution in [3.63, 3.8) is 0 Å². The largest absolute Gasteiger partial charge is 0.416 e. The summed E-state index contributed by atoms with van der Waals surface area (Å²) in [4.78, 5) is 29.4. The summed E-state index contributed by atoms with van der Waals surface area (Å²) in [5, 5.41) is 21.9. The van der Waals surface area contributed by atoms with E-state index in [-0.39, 0.29) is 24.2 Å². The summed E-state index contributed by atoms with van der Waals surface area (Å²) in [6.45, 7) is 0.216. The average molecular weight is 510 g/mol. The predicted molar refractivity (Wildman–Crippen MR) is 130 cm³/mol. The normalized spacial score (nSPS) is 18.4. The number of nitrogens with zero attached hydrogens (tertiary/aromatic N) is 3. The molecular weight excluding hydrogens is 485 g/mol. The van der Waals surface area contributed by atoms with Gasteiger partial charge in [-0.2, -0.15) is 18.4 Å². The maximum atomic E-state index is 13.7. The minimum Gasteiger partial charge on any atom is -0.352 e. The molecule has 190 valence electrons. The first kappa shape index (κ1) is 25.7. The number of rotatable bonds is 5. The van der Waals surface area contributed by atoms with Gasteiger partial charge in [0.1, 0.15) is 6.20 Å². The number of nitrogens with two attached hydrogens (primary N) is 1. The number of urea groups is 1. The molecule has 37 heavy (non-hydrogen) atoms. The minimum atomic E-state index is -4.60. The monoisotopic (exact) mass is 509 g/mol. The van der Waals surface area contributed by atoms with Crippen molar-refractivity contribution in [2.24, 2.45) is 0 Å². The molecule has 0 saturated carbocycles. The van der Waals surface area contributed by atoms with Crippen molar-refractivity contribution in [1.29, 1.82) is 10.7 Å². The summed E-state index contributed by atoms with van der Waals surface area (Å²) < 4.78 is 40.3. The molecule has 0 fully saturated rings. The molecule has 3 amide bonds. The van der Waals surface area contributed by atoms with Gasteiger partial charge < -0.3 is 20.9 Å². The number of nitriles is 1. The Bertz CT molecular complexity index is 1390. The molecule has 0 bridgehead atoms. The fraction of sp³-hybridized carbons (Fsp3) is 0.231. The zero-order valence-corrected chi connectivity index (χ0v) is 20.1. The number of quaternary nitrogens is 1. The van der Waals surface area contributed by atoms with Crippen LogP contribution in [0.4, 0.5) is 23.7 Å². The molecule has 4 N–H and O–H groups in total. The van der Waals surface area contributed by atoms with Crippen molar-refractivity contribution in [3.05, 3.63) is 82.2 Å². The lowest BCUT2D eigenvalue weighted by molar-refractivity contribution is -0.555. The lowest BCUT2D eigenvalue weighted by atomic mass is 9.85. The number of carbonyl (C=O) groups excluding carboxylic acids is 2. The molecule has 0 unspecified atom stereocenters. The third kappa shape index (κ3) is 4.59. The Morgan fingerprint density at radius 3 is 2.65 bits per heavy atom. The number of nitrogens with one attached hydrogen (secondary N) is 2. The summed E-state index contributed by atoms with van der Waals surface area (Å²) >= 11 is 0. The second-order valence-electron chi connectivity index (χ2n) is 8.56. The highest BCUT2D eigenvalue weighted by molar-refractivity contribution is 6.10. The van der Waals surface area contributed by atoms with Gasteiger partial charge in [0.25, 0.3) is 5.91 Å². The number of anilines is 1. The van der Waals surface area contributed by atoms with E-state index in [1.165, 1.54) is 24.1 Å². The Labute approximate surface area is 211 Å². The summed E-state index contributed by atoms with van der Waals surface area (Å²) in [5.41, 5.74) is 1.45. The molecule has 0 saturated heterocycles. The first-order chi connectivity index (χ1) is 17.6. The first-order valence-corrected chi connectivity index (χ1v) is 11.4. The highest BCUT2D eigenvalue weighted by Gasteiger charge is 2.44. The number of carbonyl (C=O) groups is 2. The third-order valence-electron chi connectivity index (χ3n) is 6.35. The van der Waals surface area contributed by atoms with Crippen molar-refractivity contribution in [2.75, 3.05) is 25.5 Å². The van der Waals surface area contributed by atoms with Gasteiger partial charge in [-0.15, -0.1) is 0 Å². The van der Waals surface area contributed by atoms with Gasteiger partial charge >= 0.3 is 12.2 Å². The van der Waals surface area contributed by atoms with Crippen LogP contribution in [0.15, 0.2) is 59.9 Å². The summed E-state index contributed by atoms with van der Waals surface area (Å²) in [6.07, 6.45) is -1.57. The zero-order chi connectivity index (χ0) is 26.9. The average Bonchev–Trinajstić information content (AvgIpc) is 2.88. The smallest absolute Gasteiger partial charge is 0.352 e. The Morgan fingerprint density at radius 2 is 2.00 bits per heavy atom. The summed E-state index contributed by atoms with van der Waals surface area (Å²) in [6, 6.07) is 9.80. The van der Waals surface area contributed by atoms with Gasteiger partial charge in [0.15, 0.2) is 0 Å². The van der Waals surface area contributed by atoms with E-state index in [1.54, 1.807) is 36.8 Å². The number of allylic oxidation sites excluding steroid dienone is 1. The SMILES string of the molecule is C[NH2+]/C=C(\C=N)c1cc(C#N)ccc1[C@@H]1C2=C(CCNC2=O)N(c2cccc(C(F)(F)F)c2)C(=O)N1C. The molecule has 2 aromatic rings. The van der Waals surface area contributed by atoms with E-state index in [0.29, 0.717) is 28.0 Å². The molecule has 4 rings (SSSR count). The molecular formula is C26H24F3N6O2+. The second kappa shape index (κ2) is 9.91. The van der Waals surface area contributed by atoms with Crippen LogP contribution in [0.25, 0.3) is 5.57 Å². The van der Waals surface area contributed by atoms with Crippen molar-refractivity contribution in [2.45, 2.75) is 18.6 Å². The van der Waals surface area contributed by atoms with E-state index in [2.05, 4.69) is 11.4 Å². The number of benzene rings is 2. The number of halogens is 3. The fourth-order valence-electron chi connectivity index (χ4n) is 4.71. The second-order valence-corrected chi connectivity index (χ2v) is 8.56. The van der Waals surface area contributed by atoms with Crippen LogP contribution in [0.3, 0.4) is 0 Å². The number of likely N-dealkylation sites (N-methyl/N-ethyl adjacent to an activating group) is 1. The van der Waals surface area contributed by atoms with Crippen LogP contribution in [0, 0.1) is 16.7 Å². The summed E-state index contributed by atoms with van der Waals surface area (Å²) in [5.74, 6) is -0.444. The van der Waals surface area contributed by atoms with Crippen LogP contribution in [-0.2, 0) is 11.0 Å². The zero-order valence-electron chi connectivity index (χ0n) is 20.1. The standard InChI is InChI=1S/C26H23F3N6O2/c1-32-14-16(13-31)20-10-15(12-30)6-7-19(20)23-22-21(8-9-33-24(22)36)35(25(37)34(23)2)18-5-3-4-17(11-18)26(27,28)29/h3-7,10-11,13-14,23,31-32H,8-9H2,1-2H3,(H,33,36)/p+1/b16-14+,31-13?/t23-/m1/s1. The van der Waals surface area contributed by atoms with E-state index in [0.717, 1.165) is 23.2 Å². The molecule has 0 radical (unpaired) electrons. The maximum Gasteiger partial charge on any atom is 0.416 e. The quantitative estimate of drug-likeness (QED) is 0.538. The Balaban J connectivity index is 1.97. The van der Waals surface area contributed by atoms with E-state index in [1.807, 2.05) is 0 Å². The van der Waals surface area contributed by atoms with Crippen molar-refractivity contribution < 1.29 is 28.1 Å². The van der Waals surface area contributed by atoms with Gasteiger partial charge in [-0.25, -0.2) is 4.79 Å². The van der Waals surface area contributed by atoms with E-state index >= 15 is 0 Å². The van der Waals surface area contributed by atoms with E-state index in [4.69, 9.17) is 5.41 Å². The number of alkyl halides is 3. The van der Waals surface area contributed by atoms with E-state index < -0.39 is 29.7 Å². The lowest BCUT2D eigenvalue weighted by Gasteiger charge is -2.44. The van der Waals surface area contributed by atoms with Crippen LogP contribution in [0.5, 0.6) is 0 Å². The van der Waals surface area contributed by atoms with Gasteiger partial charge in [-0.05, 0) is 41.5 Å². The van der Waals surface area contributed by atoms with Crippen molar-refractivity contribution in [1.82, 2.24) is 10.2 Å². The van der Waals surface area contributed by atoms with Crippen molar-refractivity contribution in [3.8, 4) is 6.07 Å². The highest BCUT2D eigenvalue weighted by atomic mass is 19.4. The van der Waals surface area contributed by atoms with Gasteiger partial charge in [0.05, 0.1) is 47.1 Å². The van der Waals surface area contributed by atoms with Crippen LogP contribution >= 0.6 is 0 Å². The Kier molecular flexibility index (Phi) is 6.87. The molecule has 0 aliphatic carbocycles. The van der Waals surface area contributed by atoms with Gasteiger partial charge in [-0.3, -0.25) is 9.69 Å². The maximum absolute atomic E-state index is 13.7. The minimum absolute atomic E-state index is 0.00744. The van der Waals surface area contributed by atoms with Gasteiger partial charge in [-0.1, -0.05) is 12.1 Å². The van der Waals surface area contributed by atoms with Gasteiger partial charge in [0.2, 0.25) is 0 Å². The third-order valence-corrected chi connectivity index (χ3v) is 6.35. The number of amides is 3. The number of hydrogen-bond donors (Lipinski definition) is 3. The molecule has 0 aromatic heterocycles. The molecule has 8 nitrogen and oxygen atoms in total. The highest BCUT2D eigenvalue weighted by Crippen LogP contribution is 2.43. The van der Waals surface area contributed by atoms with Crippen LogP contribution < -0.4 is 15.5 Å². The van der Waals surface area contributed by atoms with Gasteiger partial charge in [0, 0.05) is 31.9 Å². The molecule has 1 atom stereocenters. The van der Waals surface area contributed by atoms with E-state index in [9.17, 15) is 28.0 Å². The first-order valence-electron chi connectivity index (χ1n) is 11.4. The fourth-order valence-corrected chi connectivity index (χ4v) is 4.71. The topological polar surface area (TPSA) is 117 Å². The van der Waals surface area contributed by atoms with Crippen LogP contribution in [-0.4, -0.2) is 43.7 Å².